The number of hydrogen-bond donors (Lipinski definition) is 2. The van der Waals surface area contributed by atoms with Crippen molar-refractivity contribution in [1.82, 2.24) is 14.9 Å². The molecule has 0 spiro atoms. The number of carbonyl (C=O) groups excluding carboxylic acids is 1. The van der Waals surface area contributed by atoms with E-state index in [0.29, 0.717) is 26.3 Å². The third-order valence-electron chi connectivity index (χ3n) is 2.85. The van der Waals surface area contributed by atoms with Crippen LogP contribution in [0.3, 0.4) is 0 Å². The third kappa shape index (κ3) is 3.92. The molecule has 0 aromatic heterocycles. The highest BCUT2D eigenvalue weighted by Gasteiger charge is 2.17. The number of sulfonamides is 1. The fourth-order valence-corrected chi connectivity index (χ4v) is 2.71. The van der Waals surface area contributed by atoms with Gasteiger partial charge in [0.05, 0.1) is 24.8 Å². The van der Waals surface area contributed by atoms with Crippen molar-refractivity contribution < 1.29 is 17.9 Å². The van der Waals surface area contributed by atoms with E-state index in [1.54, 1.807) is 23.1 Å². The van der Waals surface area contributed by atoms with Crippen LogP contribution in [0.2, 0.25) is 0 Å². The maximum absolute atomic E-state index is 11.9. The van der Waals surface area contributed by atoms with Gasteiger partial charge < -0.3 is 15.0 Å². The molecule has 110 valence electrons. The predicted octanol–water partition coefficient (Wildman–Crippen LogP) is -0.0358. The van der Waals surface area contributed by atoms with Gasteiger partial charge in [-0.1, -0.05) is 18.2 Å². The Labute approximate surface area is 118 Å². The quantitative estimate of drug-likeness (QED) is 0.764. The Hall–Kier alpha value is -1.64. The van der Waals surface area contributed by atoms with Gasteiger partial charge in [-0.2, -0.15) is 4.72 Å². The number of ether oxygens (including phenoxy) is 1. The second-order valence-corrected chi connectivity index (χ2v) is 5.99. The molecule has 1 aromatic rings. The van der Waals surface area contributed by atoms with E-state index < -0.39 is 10.0 Å². The average Bonchev–Trinajstić information content (AvgIpc) is 2.49. The third-order valence-corrected chi connectivity index (χ3v) is 4.27. The number of morpholine rings is 1. The zero-order valence-corrected chi connectivity index (χ0v) is 11.7. The largest absolute Gasteiger partial charge is 0.378 e. The molecule has 0 saturated carbocycles. The van der Waals surface area contributed by atoms with Gasteiger partial charge in [0.1, 0.15) is 0 Å². The lowest BCUT2D eigenvalue weighted by atomic mass is 10.4. The van der Waals surface area contributed by atoms with Gasteiger partial charge in [0.2, 0.25) is 10.0 Å². The molecule has 0 unspecified atom stereocenters. The average molecular weight is 299 g/mol. The number of carbonyl (C=O) groups is 1. The molecule has 1 aliphatic rings. The van der Waals surface area contributed by atoms with Gasteiger partial charge in [-0.05, 0) is 12.1 Å². The van der Waals surface area contributed by atoms with E-state index in [0.717, 1.165) is 0 Å². The fourth-order valence-electron chi connectivity index (χ4n) is 1.77. The molecule has 1 fully saturated rings. The summed E-state index contributed by atoms with van der Waals surface area (Å²) in [5.41, 5.74) is 0. The highest BCUT2D eigenvalue weighted by Crippen LogP contribution is 2.06. The Morgan fingerprint density at radius 3 is 2.50 bits per heavy atom. The number of nitrogens with one attached hydrogen (secondary N) is 2. The summed E-state index contributed by atoms with van der Waals surface area (Å²) in [6, 6.07) is 7.70. The minimum atomic E-state index is -3.59. The first kappa shape index (κ1) is 14.8. The first-order chi connectivity index (χ1) is 9.59. The van der Waals surface area contributed by atoms with E-state index in [9.17, 15) is 13.2 Å². The van der Waals surface area contributed by atoms with Crippen LogP contribution in [0.15, 0.2) is 35.2 Å². The number of benzene rings is 1. The Morgan fingerprint density at radius 1 is 1.20 bits per heavy atom. The normalized spacial score (nSPS) is 15.9. The number of nitrogens with zero attached hydrogens (tertiary/aromatic N) is 1. The van der Waals surface area contributed by atoms with Gasteiger partial charge in [0.15, 0.2) is 0 Å². The Morgan fingerprint density at radius 2 is 1.85 bits per heavy atom. The molecule has 1 heterocycles. The molecule has 2 N–H and O–H groups in total. The molecule has 2 rings (SSSR count). The van der Waals surface area contributed by atoms with E-state index >= 15 is 0 Å². The molecule has 0 radical (unpaired) electrons. The fraction of sp³-hybridized carbons (Fsp3) is 0.417. The molecular formula is C12H17N3O4S. The van der Waals surface area contributed by atoms with Crippen LogP contribution >= 0.6 is 0 Å². The first-order valence-electron chi connectivity index (χ1n) is 6.25. The van der Waals surface area contributed by atoms with Crippen molar-refractivity contribution in [2.24, 2.45) is 0 Å². The van der Waals surface area contributed by atoms with Gasteiger partial charge in [-0.3, -0.25) is 0 Å². The zero-order valence-electron chi connectivity index (χ0n) is 10.9. The standard InChI is InChI=1S/C12H17N3O4S/c16-12(15-6-8-19-9-7-15)13-10-14-20(17,18)11-4-2-1-3-5-11/h1-5,14H,6-10H2,(H,13,16). The lowest BCUT2D eigenvalue weighted by Gasteiger charge is -2.26. The molecule has 1 saturated heterocycles. The molecule has 0 bridgehead atoms. The van der Waals surface area contributed by atoms with Gasteiger partial charge in [0.25, 0.3) is 0 Å². The van der Waals surface area contributed by atoms with Crippen LogP contribution in [-0.2, 0) is 14.8 Å². The monoisotopic (exact) mass is 299 g/mol. The van der Waals surface area contributed by atoms with Crippen molar-refractivity contribution in [3.05, 3.63) is 30.3 Å². The Kier molecular flexibility index (Phi) is 4.94. The number of rotatable bonds is 4. The number of amides is 2. The summed E-state index contributed by atoms with van der Waals surface area (Å²) in [6.07, 6.45) is 0. The van der Waals surface area contributed by atoms with Crippen LogP contribution in [-0.4, -0.2) is 52.3 Å². The van der Waals surface area contributed by atoms with Crippen LogP contribution in [0.5, 0.6) is 0 Å². The summed E-state index contributed by atoms with van der Waals surface area (Å²) in [4.78, 5) is 13.5. The molecule has 1 aliphatic heterocycles. The summed E-state index contributed by atoms with van der Waals surface area (Å²) in [7, 11) is -3.59. The summed E-state index contributed by atoms with van der Waals surface area (Å²) in [5, 5.41) is 2.52. The van der Waals surface area contributed by atoms with Gasteiger partial charge in [0, 0.05) is 13.1 Å². The minimum Gasteiger partial charge on any atom is -0.378 e. The summed E-state index contributed by atoms with van der Waals surface area (Å²) in [6.45, 7) is 1.88. The molecular weight excluding hydrogens is 282 g/mol. The highest BCUT2D eigenvalue weighted by molar-refractivity contribution is 7.89. The molecule has 1 aromatic carbocycles. The van der Waals surface area contributed by atoms with Crippen molar-refractivity contribution in [2.45, 2.75) is 4.90 Å². The molecule has 0 aliphatic carbocycles. The molecule has 8 heteroatoms. The minimum absolute atomic E-state index is 0.145. The van der Waals surface area contributed by atoms with Crippen molar-refractivity contribution in [2.75, 3.05) is 33.0 Å². The van der Waals surface area contributed by atoms with Crippen molar-refractivity contribution in [1.29, 1.82) is 0 Å². The first-order valence-corrected chi connectivity index (χ1v) is 7.73. The van der Waals surface area contributed by atoms with Crippen molar-refractivity contribution >= 4 is 16.1 Å². The predicted molar refractivity (Wildman–Crippen MR) is 72.6 cm³/mol. The Balaban J connectivity index is 1.82. The zero-order chi connectivity index (χ0) is 14.4. The lowest BCUT2D eigenvalue weighted by molar-refractivity contribution is 0.0532. The summed E-state index contributed by atoms with van der Waals surface area (Å²) < 4.78 is 31.2. The smallest absolute Gasteiger partial charge is 0.318 e. The molecule has 0 atom stereocenters. The van der Waals surface area contributed by atoms with Crippen molar-refractivity contribution in [3.8, 4) is 0 Å². The lowest BCUT2D eigenvalue weighted by Crippen LogP contribution is -2.48. The van der Waals surface area contributed by atoms with Crippen LogP contribution in [0, 0.1) is 0 Å². The van der Waals surface area contributed by atoms with Gasteiger partial charge >= 0.3 is 6.03 Å². The van der Waals surface area contributed by atoms with Crippen LogP contribution in [0.4, 0.5) is 4.79 Å². The second kappa shape index (κ2) is 6.69. The maximum Gasteiger partial charge on any atom is 0.318 e. The number of urea groups is 1. The summed E-state index contributed by atoms with van der Waals surface area (Å²) in [5.74, 6) is 0. The van der Waals surface area contributed by atoms with Crippen LogP contribution in [0.1, 0.15) is 0 Å². The maximum atomic E-state index is 11.9. The van der Waals surface area contributed by atoms with E-state index in [1.165, 1.54) is 12.1 Å². The van der Waals surface area contributed by atoms with E-state index in [2.05, 4.69) is 10.0 Å². The van der Waals surface area contributed by atoms with Crippen LogP contribution < -0.4 is 10.0 Å². The Bertz CT molecular complexity index is 541. The van der Waals surface area contributed by atoms with E-state index in [4.69, 9.17) is 4.74 Å². The topological polar surface area (TPSA) is 87.7 Å². The molecule has 2 amide bonds. The van der Waals surface area contributed by atoms with E-state index in [-0.39, 0.29) is 17.6 Å². The van der Waals surface area contributed by atoms with Gasteiger partial charge in [-0.25, -0.2) is 13.2 Å². The highest BCUT2D eigenvalue weighted by atomic mass is 32.2. The number of hydrogen-bond acceptors (Lipinski definition) is 4. The van der Waals surface area contributed by atoms with Gasteiger partial charge in [-0.15, -0.1) is 0 Å². The SMILES string of the molecule is O=C(NCNS(=O)(=O)c1ccccc1)N1CCOCC1. The van der Waals surface area contributed by atoms with Crippen LogP contribution in [0.25, 0.3) is 0 Å². The second-order valence-electron chi connectivity index (χ2n) is 4.22. The summed E-state index contributed by atoms with van der Waals surface area (Å²) >= 11 is 0. The molecule has 20 heavy (non-hydrogen) atoms. The van der Waals surface area contributed by atoms with E-state index in [1.807, 2.05) is 0 Å². The van der Waals surface area contributed by atoms with Crippen molar-refractivity contribution in [3.63, 3.8) is 0 Å². The molecule has 7 nitrogen and oxygen atoms in total.